The summed E-state index contributed by atoms with van der Waals surface area (Å²) in [6, 6.07) is 8.54. The van der Waals surface area contributed by atoms with Gasteiger partial charge >= 0.3 is 6.09 Å². The van der Waals surface area contributed by atoms with Crippen LogP contribution in [0.4, 0.5) is 16.2 Å². The minimum absolute atomic E-state index is 0.0372. The first-order valence-corrected chi connectivity index (χ1v) is 18.8. The van der Waals surface area contributed by atoms with E-state index in [9.17, 15) is 22.8 Å². The number of amidine groups is 1. The maximum Gasteiger partial charge on any atom is 0.418 e. The fourth-order valence-corrected chi connectivity index (χ4v) is 8.92. The first-order valence-electron chi connectivity index (χ1n) is 16.4. The van der Waals surface area contributed by atoms with E-state index in [0.717, 1.165) is 38.9 Å². The van der Waals surface area contributed by atoms with E-state index in [2.05, 4.69) is 51.0 Å². The molecule has 2 aromatic rings. The highest BCUT2D eigenvalue weighted by Crippen LogP contribution is 2.49. The highest BCUT2D eigenvalue weighted by molar-refractivity contribution is 7.99. The number of para-hydroxylation sites is 1. The van der Waals surface area contributed by atoms with Gasteiger partial charge in [-0.25, -0.2) is 23.1 Å². The summed E-state index contributed by atoms with van der Waals surface area (Å²) in [6.07, 6.45) is 1.06. The lowest BCUT2D eigenvalue weighted by Gasteiger charge is -2.35. The van der Waals surface area contributed by atoms with Crippen LogP contribution >= 0.6 is 11.8 Å². The lowest BCUT2D eigenvalue weighted by Crippen LogP contribution is -2.59. The third kappa shape index (κ3) is 6.73. The Morgan fingerprint density at radius 2 is 1.79 bits per heavy atom. The zero-order valence-electron chi connectivity index (χ0n) is 29.0. The molecule has 48 heavy (non-hydrogen) atoms. The second kappa shape index (κ2) is 13.1. The van der Waals surface area contributed by atoms with E-state index in [1.165, 1.54) is 26.0 Å². The second-order valence-corrected chi connectivity index (χ2v) is 17.4. The van der Waals surface area contributed by atoms with Gasteiger partial charge in [0.25, 0.3) is 21.8 Å². The smallest absolute Gasteiger partial charge is 0.418 e. The summed E-state index contributed by atoms with van der Waals surface area (Å²) >= 11 is 1.62. The van der Waals surface area contributed by atoms with Gasteiger partial charge in [-0.05, 0) is 61.4 Å². The molecule has 0 radical (unpaired) electrons. The van der Waals surface area contributed by atoms with Gasteiger partial charge in [-0.3, -0.25) is 13.9 Å². The van der Waals surface area contributed by atoms with Gasteiger partial charge in [0.1, 0.15) is 4.90 Å². The molecule has 0 bridgehead atoms. The van der Waals surface area contributed by atoms with Crippen molar-refractivity contribution in [3.63, 3.8) is 0 Å². The number of carbonyl (C=O) groups is 3. The average Bonchev–Trinajstić information content (AvgIpc) is 3.41. The van der Waals surface area contributed by atoms with E-state index in [1.54, 1.807) is 23.9 Å². The molecule has 1 atom stereocenters. The van der Waals surface area contributed by atoms with E-state index in [-0.39, 0.29) is 46.8 Å². The number of amides is 3. The molecule has 13 heteroatoms. The van der Waals surface area contributed by atoms with E-state index in [1.807, 2.05) is 13.0 Å². The van der Waals surface area contributed by atoms with Crippen molar-refractivity contribution in [3.8, 4) is 0 Å². The van der Waals surface area contributed by atoms with Crippen molar-refractivity contribution in [1.82, 2.24) is 9.21 Å². The van der Waals surface area contributed by atoms with Crippen molar-refractivity contribution >= 4 is 56.9 Å². The number of benzene rings is 2. The summed E-state index contributed by atoms with van der Waals surface area (Å²) in [6.45, 7) is 16.2. The van der Waals surface area contributed by atoms with Crippen LogP contribution in [0.15, 0.2) is 51.2 Å². The van der Waals surface area contributed by atoms with Crippen LogP contribution in [0.1, 0.15) is 85.8 Å². The number of carbonyl (C=O) groups excluding carboxylic acids is 3. The summed E-state index contributed by atoms with van der Waals surface area (Å²) in [5, 5.41) is 3.01. The van der Waals surface area contributed by atoms with Gasteiger partial charge in [-0.15, -0.1) is 11.8 Å². The largest absolute Gasteiger partial charge is 0.433 e. The first kappa shape index (κ1) is 35.9. The standard InChI is InChI=1S/C35H46N4O7S2/c1-9-10-17-45-18-13-16-38-29(36-24-14-11-12-15-26(24)48(38,43)44)27(39-31(41)35(7,8)46-32(39)42)30(40)37-25-20-22(33(2,3)4)19-23-28(25)47-21-34(23,5)6/h11-12,14-15,19-20,27H,9-10,13,16-18,21H2,1-8H3,(H,37,40). The Labute approximate surface area is 287 Å². The Morgan fingerprint density at radius 1 is 1.10 bits per heavy atom. The molecule has 11 nitrogen and oxygen atoms in total. The van der Waals surface area contributed by atoms with Gasteiger partial charge in [-0.2, -0.15) is 0 Å². The van der Waals surface area contributed by atoms with Crippen molar-refractivity contribution < 1.29 is 32.3 Å². The predicted octanol–water partition coefficient (Wildman–Crippen LogP) is 6.37. The molecular weight excluding hydrogens is 653 g/mol. The number of hydrogen-bond acceptors (Lipinski definition) is 9. The lowest BCUT2D eigenvalue weighted by atomic mass is 9.80. The van der Waals surface area contributed by atoms with E-state index < -0.39 is 39.6 Å². The van der Waals surface area contributed by atoms with Crippen LogP contribution in [-0.4, -0.2) is 78.5 Å². The molecule has 2 aromatic carbocycles. The average molecular weight is 699 g/mol. The number of aliphatic imine (C=N–C) groups is 1. The number of rotatable bonds is 11. The molecule has 0 saturated carbocycles. The van der Waals surface area contributed by atoms with E-state index >= 15 is 0 Å². The molecule has 3 heterocycles. The molecule has 1 N–H and O–H groups in total. The van der Waals surface area contributed by atoms with E-state index in [0.29, 0.717) is 17.2 Å². The Balaban J connectivity index is 1.64. The number of unbranched alkanes of at least 4 members (excludes halogenated alkanes) is 1. The predicted molar refractivity (Wildman–Crippen MR) is 186 cm³/mol. The van der Waals surface area contributed by atoms with Crippen LogP contribution in [0, 0.1) is 0 Å². The summed E-state index contributed by atoms with van der Waals surface area (Å²) < 4.78 is 40.5. The summed E-state index contributed by atoms with van der Waals surface area (Å²) in [5.74, 6) is -1.03. The number of imide groups is 1. The lowest BCUT2D eigenvalue weighted by molar-refractivity contribution is -0.137. The Morgan fingerprint density at radius 3 is 2.44 bits per heavy atom. The van der Waals surface area contributed by atoms with Crippen molar-refractivity contribution in [2.75, 3.05) is 30.8 Å². The third-order valence-electron chi connectivity index (χ3n) is 8.76. The number of nitrogens with one attached hydrogen (secondary N) is 1. The summed E-state index contributed by atoms with van der Waals surface area (Å²) in [4.78, 5) is 48.1. The van der Waals surface area contributed by atoms with Gasteiger partial charge < -0.3 is 14.8 Å². The van der Waals surface area contributed by atoms with Crippen molar-refractivity contribution in [1.29, 1.82) is 0 Å². The van der Waals surface area contributed by atoms with Gasteiger partial charge in [0.15, 0.2) is 17.5 Å². The molecule has 5 rings (SSSR count). The number of nitrogens with zero attached hydrogens (tertiary/aromatic N) is 3. The molecule has 1 saturated heterocycles. The Bertz CT molecular complexity index is 1760. The molecule has 0 spiro atoms. The Hall–Kier alpha value is -3.42. The van der Waals surface area contributed by atoms with Crippen molar-refractivity contribution in [3.05, 3.63) is 47.5 Å². The first-order chi connectivity index (χ1) is 22.4. The SMILES string of the molecule is CCCCOCCCN1C(C(C(=O)Nc2cc(C(C)(C)C)cc3c2SCC3(C)C)N2C(=O)OC(C)(C)C2=O)=Nc2ccccc2S1(=O)=O. The van der Waals surface area contributed by atoms with Crippen molar-refractivity contribution in [2.45, 2.75) is 107 Å². The maximum atomic E-state index is 14.7. The zero-order chi connectivity index (χ0) is 35.2. The number of cyclic esters (lactones) is 1. The summed E-state index contributed by atoms with van der Waals surface area (Å²) in [5.41, 5.74) is 0.716. The molecule has 3 amide bonds. The highest BCUT2D eigenvalue weighted by Gasteiger charge is 2.55. The number of ether oxygens (including phenoxy) is 2. The number of thioether (sulfide) groups is 1. The minimum atomic E-state index is -4.25. The van der Waals surface area contributed by atoms with Crippen LogP contribution in [0.5, 0.6) is 0 Å². The molecule has 1 unspecified atom stereocenters. The summed E-state index contributed by atoms with van der Waals surface area (Å²) in [7, 11) is -4.25. The van der Waals surface area contributed by atoms with Gasteiger partial charge in [0, 0.05) is 35.8 Å². The quantitative estimate of drug-likeness (QED) is 0.268. The monoisotopic (exact) mass is 698 g/mol. The maximum absolute atomic E-state index is 14.7. The number of fused-ring (bicyclic) bond motifs is 2. The second-order valence-electron chi connectivity index (χ2n) is 14.6. The Kier molecular flexibility index (Phi) is 9.81. The number of anilines is 1. The molecule has 0 aliphatic carbocycles. The topological polar surface area (TPSA) is 135 Å². The van der Waals surface area contributed by atoms with Crippen LogP contribution in [0.25, 0.3) is 0 Å². The van der Waals surface area contributed by atoms with Gasteiger partial charge in [0.05, 0.1) is 11.4 Å². The molecule has 3 aliphatic heterocycles. The molecule has 3 aliphatic rings. The molecule has 260 valence electrons. The van der Waals surface area contributed by atoms with Crippen LogP contribution in [-0.2, 0) is 39.9 Å². The van der Waals surface area contributed by atoms with Crippen LogP contribution in [0.3, 0.4) is 0 Å². The minimum Gasteiger partial charge on any atom is -0.433 e. The normalized spacial score (nSPS) is 19.8. The van der Waals surface area contributed by atoms with Gasteiger partial charge in [-0.1, -0.05) is 66.2 Å². The zero-order valence-corrected chi connectivity index (χ0v) is 30.6. The molecular formula is C35H46N4O7S2. The third-order valence-corrected chi connectivity index (χ3v) is 12.2. The van der Waals surface area contributed by atoms with E-state index in [4.69, 9.17) is 9.47 Å². The number of sulfonamides is 1. The fraction of sp³-hybridized carbons (Fsp3) is 0.543. The molecule has 1 fully saturated rings. The van der Waals surface area contributed by atoms with Gasteiger partial charge in [0.2, 0.25) is 0 Å². The highest BCUT2D eigenvalue weighted by atomic mass is 32.2. The molecule has 0 aromatic heterocycles. The van der Waals surface area contributed by atoms with Crippen LogP contribution < -0.4 is 5.32 Å². The van der Waals surface area contributed by atoms with Crippen molar-refractivity contribution in [2.24, 2.45) is 4.99 Å². The van der Waals surface area contributed by atoms with Crippen LogP contribution in [0.2, 0.25) is 0 Å². The number of hydrogen-bond donors (Lipinski definition) is 1. The fourth-order valence-electron chi connectivity index (χ4n) is 5.88.